The van der Waals surface area contributed by atoms with Gasteiger partial charge in [0.2, 0.25) is 0 Å². The molecule has 1 aliphatic heterocycles. The van der Waals surface area contributed by atoms with Gasteiger partial charge in [-0.05, 0) is 66.7 Å². The molecule has 2 heterocycles. The molecule has 4 atom stereocenters. The Morgan fingerprint density at radius 2 is 1.73 bits per heavy atom. The van der Waals surface area contributed by atoms with Crippen molar-refractivity contribution < 1.29 is 19.1 Å². The van der Waals surface area contributed by atoms with Crippen molar-refractivity contribution in [1.29, 1.82) is 0 Å². The summed E-state index contributed by atoms with van der Waals surface area (Å²) in [6, 6.07) is -0.0553. The Balaban J connectivity index is 2.32. The molecule has 4 unspecified atom stereocenters. The van der Waals surface area contributed by atoms with Crippen molar-refractivity contribution in [3.8, 4) is 0 Å². The summed E-state index contributed by atoms with van der Waals surface area (Å²) in [7, 11) is 1.91. The number of carbonyl (C=O) groups is 2. The third-order valence-electron chi connectivity index (χ3n) is 6.68. The van der Waals surface area contributed by atoms with Crippen molar-refractivity contribution in [2.75, 3.05) is 25.0 Å². The molecule has 1 amide bonds. The van der Waals surface area contributed by atoms with Gasteiger partial charge in [0.1, 0.15) is 17.0 Å². The first-order valence-electron chi connectivity index (χ1n) is 13.1. The number of allylic oxidation sites excluding steroid dienone is 1. The minimum absolute atomic E-state index is 0.0553. The van der Waals surface area contributed by atoms with Gasteiger partial charge in [-0.2, -0.15) is 4.98 Å². The largest absolute Gasteiger partial charge is 0.460 e. The van der Waals surface area contributed by atoms with Crippen LogP contribution in [0.3, 0.4) is 0 Å². The Morgan fingerprint density at radius 1 is 1.14 bits per heavy atom. The van der Waals surface area contributed by atoms with Gasteiger partial charge in [-0.25, -0.2) is 9.59 Å². The molecule has 37 heavy (non-hydrogen) atoms. The van der Waals surface area contributed by atoms with E-state index in [0.717, 1.165) is 12.0 Å². The molecule has 0 spiro atoms. The lowest BCUT2D eigenvalue weighted by molar-refractivity contribution is -0.160. The smallest absolute Gasteiger partial charge is 0.410 e. The monoisotopic (exact) mass is 518 g/mol. The Kier molecular flexibility index (Phi) is 9.60. The summed E-state index contributed by atoms with van der Waals surface area (Å²) in [5, 5.41) is 0. The van der Waals surface area contributed by atoms with Gasteiger partial charge < -0.3 is 24.3 Å². The molecule has 9 heteroatoms. The summed E-state index contributed by atoms with van der Waals surface area (Å²) in [4.78, 5) is 48.5. The van der Waals surface area contributed by atoms with E-state index in [-0.39, 0.29) is 35.9 Å². The number of anilines is 1. The van der Waals surface area contributed by atoms with E-state index in [1.54, 1.807) is 4.90 Å². The highest BCUT2D eigenvalue weighted by atomic mass is 16.6. The molecule has 9 nitrogen and oxygen atoms in total. The highest BCUT2D eigenvalue weighted by molar-refractivity contribution is 5.74. The van der Waals surface area contributed by atoms with Crippen molar-refractivity contribution in [2.45, 2.75) is 92.9 Å². The van der Waals surface area contributed by atoms with E-state index >= 15 is 0 Å². The minimum atomic E-state index is -0.571. The Bertz CT molecular complexity index is 1050. The first-order chi connectivity index (χ1) is 16.9. The van der Waals surface area contributed by atoms with E-state index in [0.29, 0.717) is 24.6 Å². The second-order valence-electron chi connectivity index (χ2n) is 12.3. The zero-order valence-electron chi connectivity index (χ0n) is 24.5. The summed E-state index contributed by atoms with van der Waals surface area (Å²) in [5.41, 5.74) is -0.0971. The molecule has 0 radical (unpaired) electrons. The predicted molar refractivity (Wildman–Crippen MR) is 147 cm³/mol. The zero-order valence-corrected chi connectivity index (χ0v) is 24.5. The molecule has 0 saturated carbocycles. The number of aromatic nitrogens is 2. The van der Waals surface area contributed by atoms with Crippen LogP contribution in [0, 0.1) is 24.7 Å². The van der Waals surface area contributed by atoms with Gasteiger partial charge in [0, 0.05) is 31.4 Å². The van der Waals surface area contributed by atoms with E-state index in [9.17, 15) is 14.4 Å². The lowest BCUT2D eigenvalue weighted by Crippen LogP contribution is -2.54. The number of aromatic amines is 1. The lowest BCUT2D eigenvalue weighted by atomic mass is 9.92. The van der Waals surface area contributed by atoms with Crippen molar-refractivity contribution in [2.24, 2.45) is 17.8 Å². The number of amides is 1. The molecule has 1 fully saturated rings. The molecule has 1 aromatic rings. The van der Waals surface area contributed by atoms with Gasteiger partial charge in [-0.3, -0.25) is 4.79 Å². The second-order valence-corrected chi connectivity index (χ2v) is 12.3. The van der Waals surface area contributed by atoms with Gasteiger partial charge in [0.25, 0.3) is 0 Å². The topological polar surface area (TPSA) is 105 Å². The fourth-order valence-corrected chi connectivity index (χ4v) is 4.27. The van der Waals surface area contributed by atoms with E-state index in [2.05, 4.69) is 16.9 Å². The maximum Gasteiger partial charge on any atom is 0.410 e. The van der Waals surface area contributed by atoms with Crippen LogP contribution in [0.4, 0.5) is 10.6 Å². The number of likely N-dealkylation sites (N-methyl/N-ethyl adjacent to an activating group) is 1. The SMILES string of the molecule is Cc1[nH]c(=O)nc(N(C)C2CN(C(=O)OC(C)(C)C)CCC2C)c1/C=C\C(C)C(C)C(=O)OC(C)(C)C. The Morgan fingerprint density at radius 3 is 2.30 bits per heavy atom. The van der Waals surface area contributed by atoms with Crippen LogP contribution in [-0.4, -0.2) is 64.3 Å². The van der Waals surface area contributed by atoms with Crippen LogP contribution in [0.15, 0.2) is 10.9 Å². The molecule has 0 bridgehead atoms. The molecular weight excluding hydrogens is 472 g/mol. The fourth-order valence-electron chi connectivity index (χ4n) is 4.27. The summed E-state index contributed by atoms with van der Waals surface area (Å²) in [5.74, 6) is 0.117. The number of hydrogen-bond donors (Lipinski definition) is 1. The van der Waals surface area contributed by atoms with Crippen molar-refractivity contribution >= 4 is 24.0 Å². The molecule has 1 aromatic heterocycles. The molecular formula is C28H46N4O5. The maximum atomic E-state index is 12.7. The van der Waals surface area contributed by atoms with E-state index in [1.807, 2.05) is 86.4 Å². The molecule has 1 saturated heterocycles. The molecule has 0 aromatic carbocycles. The number of piperidine rings is 1. The first-order valence-corrected chi connectivity index (χ1v) is 13.1. The van der Waals surface area contributed by atoms with Gasteiger partial charge in [0.15, 0.2) is 0 Å². The third kappa shape index (κ3) is 8.61. The van der Waals surface area contributed by atoms with Crippen LogP contribution in [0.2, 0.25) is 0 Å². The van der Waals surface area contributed by atoms with Crippen LogP contribution in [0.1, 0.15) is 80.0 Å². The normalized spacial score (nSPS) is 20.5. The van der Waals surface area contributed by atoms with Crippen molar-refractivity contribution in [1.82, 2.24) is 14.9 Å². The number of hydrogen-bond acceptors (Lipinski definition) is 7. The number of nitrogens with zero attached hydrogens (tertiary/aromatic N) is 3. The lowest BCUT2D eigenvalue weighted by Gasteiger charge is -2.42. The van der Waals surface area contributed by atoms with Gasteiger partial charge in [0.05, 0.1) is 12.0 Å². The Labute approximate surface area is 221 Å². The number of nitrogens with one attached hydrogen (secondary N) is 1. The highest BCUT2D eigenvalue weighted by Gasteiger charge is 2.35. The standard InChI is InChI=1S/C28H46N4O5/c1-17(19(3)24(33)36-27(5,6)7)12-13-21-20(4)29-25(34)30-23(21)31(11)22-16-32(15-14-18(22)2)26(35)37-28(8,9)10/h12-13,17-19,22H,14-16H2,1-11H3,(H,29,30,34)/b13-12-. The predicted octanol–water partition coefficient (Wildman–Crippen LogP) is 4.79. The Hall–Kier alpha value is -2.84. The van der Waals surface area contributed by atoms with Crippen LogP contribution < -0.4 is 10.6 Å². The average molecular weight is 519 g/mol. The van der Waals surface area contributed by atoms with Crippen LogP contribution >= 0.6 is 0 Å². The third-order valence-corrected chi connectivity index (χ3v) is 6.68. The van der Waals surface area contributed by atoms with Gasteiger partial charge >= 0.3 is 17.8 Å². The summed E-state index contributed by atoms with van der Waals surface area (Å²) >= 11 is 0. The fraction of sp³-hybridized carbons (Fsp3) is 0.714. The van der Waals surface area contributed by atoms with Crippen LogP contribution in [0.25, 0.3) is 6.08 Å². The zero-order chi connectivity index (χ0) is 28.3. The molecule has 1 aliphatic rings. The number of ether oxygens (including phenoxy) is 2. The number of aryl methyl sites for hydroxylation is 1. The number of esters is 1. The molecule has 208 valence electrons. The van der Waals surface area contributed by atoms with Gasteiger partial charge in [-0.1, -0.05) is 32.9 Å². The summed E-state index contributed by atoms with van der Waals surface area (Å²) in [6.07, 6.45) is 4.34. The van der Waals surface area contributed by atoms with E-state index in [4.69, 9.17) is 9.47 Å². The number of carbonyl (C=O) groups excluding carboxylic acids is 2. The van der Waals surface area contributed by atoms with Crippen LogP contribution in [-0.2, 0) is 14.3 Å². The molecule has 0 aliphatic carbocycles. The van der Waals surface area contributed by atoms with Crippen molar-refractivity contribution in [3.63, 3.8) is 0 Å². The minimum Gasteiger partial charge on any atom is -0.460 e. The average Bonchev–Trinajstić information content (AvgIpc) is 2.74. The molecule has 1 N–H and O–H groups in total. The first kappa shape index (κ1) is 30.4. The van der Waals surface area contributed by atoms with E-state index in [1.165, 1.54) is 0 Å². The highest BCUT2D eigenvalue weighted by Crippen LogP contribution is 2.29. The van der Waals surface area contributed by atoms with E-state index < -0.39 is 16.9 Å². The summed E-state index contributed by atoms with van der Waals surface area (Å²) < 4.78 is 11.1. The van der Waals surface area contributed by atoms with Crippen LogP contribution in [0.5, 0.6) is 0 Å². The number of rotatable bonds is 6. The summed E-state index contributed by atoms with van der Waals surface area (Å²) in [6.45, 7) is 20.0. The second kappa shape index (κ2) is 11.7. The van der Waals surface area contributed by atoms with Gasteiger partial charge in [-0.15, -0.1) is 0 Å². The quantitative estimate of drug-likeness (QED) is 0.540. The number of likely N-dealkylation sites (tertiary alicyclic amines) is 1. The molecule has 2 rings (SSSR count). The maximum absolute atomic E-state index is 12.7. The number of H-pyrrole nitrogens is 1. The van der Waals surface area contributed by atoms with Crippen molar-refractivity contribution in [3.05, 3.63) is 27.8 Å².